The van der Waals surface area contributed by atoms with E-state index in [9.17, 15) is 13.2 Å². The molecule has 0 saturated carbocycles. The first-order valence-corrected chi connectivity index (χ1v) is 4.99. The van der Waals surface area contributed by atoms with Crippen LogP contribution < -0.4 is 5.73 Å². The maximum atomic E-state index is 12.7. The van der Waals surface area contributed by atoms with Crippen molar-refractivity contribution in [1.82, 2.24) is 0 Å². The first-order chi connectivity index (χ1) is 7.46. The van der Waals surface area contributed by atoms with Crippen LogP contribution in [-0.2, 0) is 6.18 Å². The van der Waals surface area contributed by atoms with Gasteiger partial charge in [-0.25, -0.2) is 0 Å². The predicted octanol–water partition coefficient (Wildman–Crippen LogP) is 4.09. The number of allylic oxidation sites excluding steroid dienone is 1. The van der Waals surface area contributed by atoms with Gasteiger partial charge in [-0.05, 0) is 24.5 Å². The molecule has 0 heterocycles. The summed E-state index contributed by atoms with van der Waals surface area (Å²) in [5.41, 5.74) is 5.23. The van der Waals surface area contributed by atoms with Crippen LogP contribution in [0, 0.1) is 0 Å². The van der Waals surface area contributed by atoms with Crippen LogP contribution in [0.2, 0.25) is 0 Å². The van der Waals surface area contributed by atoms with Gasteiger partial charge in [0.15, 0.2) is 0 Å². The van der Waals surface area contributed by atoms with Crippen LogP contribution in [0.3, 0.4) is 0 Å². The molecule has 1 rings (SSSR count). The van der Waals surface area contributed by atoms with E-state index in [1.54, 1.807) is 12.1 Å². The molecule has 1 aromatic carbocycles. The van der Waals surface area contributed by atoms with Gasteiger partial charge in [-0.2, -0.15) is 13.2 Å². The second kappa shape index (κ2) is 6.67. The Hall–Kier alpha value is -1.00. The molecule has 0 saturated heterocycles. The number of nitrogens with two attached hydrogens (primary N) is 1. The molecule has 96 valence electrons. The Bertz CT molecular complexity index is 363. The quantitative estimate of drug-likeness (QED) is 0.815. The minimum Gasteiger partial charge on any atom is -0.324 e. The van der Waals surface area contributed by atoms with Crippen molar-refractivity contribution < 1.29 is 13.2 Å². The standard InChI is InChI=1S/C12H14F3N.ClH/c1-2-3-8-11(16)9-6-4-5-7-10(9)12(13,14)15;/h2,4-7,11H,1,3,8,16H2;1H/t11-;/m0./s1. The lowest BCUT2D eigenvalue weighted by molar-refractivity contribution is -0.138. The van der Waals surface area contributed by atoms with Crippen LogP contribution >= 0.6 is 12.4 Å². The van der Waals surface area contributed by atoms with Crippen LogP contribution in [0.5, 0.6) is 0 Å². The summed E-state index contributed by atoms with van der Waals surface area (Å²) < 4.78 is 38.0. The fourth-order valence-electron chi connectivity index (χ4n) is 1.53. The number of halogens is 4. The van der Waals surface area contributed by atoms with Crippen LogP contribution in [0.4, 0.5) is 13.2 Å². The number of benzene rings is 1. The molecular formula is C12H15ClF3N. The van der Waals surface area contributed by atoms with E-state index in [0.29, 0.717) is 12.8 Å². The zero-order valence-corrected chi connectivity index (χ0v) is 10.0. The summed E-state index contributed by atoms with van der Waals surface area (Å²) in [4.78, 5) is 0. The molecule has 1 nitrogen and oxygen atoms in total. The summed E-state index contributed by atoms with van der Waals surface area (Å²) in [6.07, 6.45) is -1.62. The minimum absolute atomic E-state index is 0. The Morgan fingerprint density at radius 3 is 2.41 bits per heavy atom. The van der Waals surface area contributed by atoms with Gasteiger partial charge in [0.05, 0.1) is 5.56 Å². The first-order valence-electron chi connectivity index (χ1n) is 4.99. The number of rotatable bonds is 4. The van der Waals surface area contributed by atoms with Gasteiger partial charge in [0, 0.05) is 6.04 Å². The van der Waals surface area contributed by atoms with Gasteiger partial charge in [0.25, 0.3) is 0 Å². The van der Waals surface area contributed by atoms with Crippen molar-refractivity contribution in [2.24, 2.45) is 5.73 Å². The molecular weight excluding hydrogens is 251 g/mol. The molecule has 5 heteroatoms. The number of hydrogen-bond donors (Lipinski definition) is 1. The van der Waals surface area contributed by atoms with Crippen molar-refractivity contribution in [3.05, 3.63) is 48.0 Å². The monoisotopic (exact) mass is 265 g/mol. The maximum Gasteiger partial charge on any atom is 0.416 e. The third-order valence-corrected chi connectivity index (χ3v) is 2.35. The summed E-state index contributed by atoms with van der Waals surface area (Å²) in [6.45, 7) is 3.52. The van der Waals surface area contributed by atoms with E-state index < -0.39 is 17.8 Å². The lowest BCUT2D eigenvalue weighted by atomic mass is 9.97. The molecule has 0 aliphatic carbocycles. The molecule has 0 aliphatic rings. The first kappa shape index (κ1) is 16.0. The maximum absolute atomic E-state index is 12.7. The summed E-state index contributed by atoms with van der Waals surface area (Å²) in [7, 11) is 0. The molecule has 0 spiro atoms. The highest BCUT2D eigenvalue weighted by molar-refractivity contribution is 5.85. The van der Waals surface area contributed by atoms with Gasteiger partial charge >= 0.3 is 6.18 Å². The third-order valence-electron chi connectivity index (χ3n) is 2.35. The van der Waals surface area contributed by atoms with Crippen molar-refractivity contribution in [2.75, 3.05) is 0 Å². The van der Waals surface area contributed by atoms with E-state index in [1.807, 2.05) is 0 Å². The van der Waals surface area contributed by atoms with Gasteiger partial charge in [0.1, 0.15) is 0 Å². The van der Waals surface area contributed by atoms with E-state index in [4.69, 9.17) is 5.73 Å². The SMILES string of the molecule is C=CCC[C@H](N)c1ccccc1C(F)(F)F.Cl. The lowest BCUT2D eigenvalue weighted by Crippen LogP contribution is -2.17. The fourth-order valence-corrected chi connectivity index (χ4v) is 1.53. The topological polar surface area (TPSA) is 26.0 Å². The Morgan fingerprint density at radius 2 is 1.88 bits per heavy atom. The molecule has 1 atom stereocenters. The Labute approximate surface area is 105 Å². The second-order valence-electron chi connectivity index (χ2n) is 3.56. The Kier molecular flexibility index (Phi) is 6.27. The van der Waals surface area contributed by atoms with E-state index in [0.717, 1.165) is 6.07 Å². The highest BCUT2D eigenvalue weighted by Gasteiger charge is 2.33. The average molecular weight is 266 g/mol. The molecule has 0 bridgehead atoms. The fraction of sp³-hybridized carbons (Fsp3) is 0.333. The van der Waals surface area contributed by atoms with E-state index in [1.165, 1.54) is 12.1 Å². The Morgan fingerprint density at radius 1 is 1.29 bits per heavy atom. The molecule has 0 fully saturated rings. The zero-order valence-electron chi connectivity index (χ0n) is 9.20. The van der Waals surface area contributed by atoms with E-state index in [-0.39, 0.29) is 18.0 Å². The molecule has 17 heavy (non-hydrogen) atoms. The minimum atomic E-state index is -4.34. The van der Waals surface area contributed by atoms with Gasteiger partial charge in [0.2, 0.25) is 0 Å². The smallest absolute Gasteiger partial charge is 0.324 e. The van der Waals surface area contributed by atoms with Gasteiger partial charge < -0.3 is 5.73 Å². The number of hydrogen-bond acceptors (Lipinski definition) is 1. The Balaban J connectivity index is 0.00000256. The highest BCUT2D eigenvalue weighted by Crippen LogP contribution is 2.34. The van der Waals surface area contributed by atoms with Crippen LogP contribution in [0.25, 0.3) is 0 Å². The van der Waals surface area contributed by atoms with Crippen molar-refractivity contribution in [1.29, 1.82) is 0 Å². The van der Waals surface area contributed by atoms with Crippen molar-refractivity contribution >= 4 is 12.4 Å². The van der Waals surface area contributed by atoms with Crippen molar-refractivity contribution in [3.63, 3.8) is 0 Å². The largest absolute Gasteiger partial charge is 0.416 e. The molecule has 1 aromatic rings. The van der Waals surface area contributed by atoms with Gasteiger partial charge in [-0.3, -0.25) is 0 Å². The number of alkyl halides is 3. The van der Waals surface area contributed by atoms with Crippen LogP contribution in [0.15, 0.2) is 36.9 Å². The van der Waals surface area contributed by atoms with E-state index in [2.05, 4.69) is 6.58 Å². The molecule has 0 radical (unpaired) electrons. The summed E-state index contributed by atoms with van der Waals surface area (Å²) in [5.74, 6) is 0. The zero-order chi connectivity index (χ0) is 12.2. The average Bonchev–Trinajstić information content (AvgIpc) is 2.24. The molecule has 0 aliphatic heterocycles. The summed E-state index contributed by atoms with van der Waals surface area (Å²) in [6, 6.07) is 4.82. The van der Waals surface area contributed by atoms with E-state index >= 15 is 0 Å². The summed E-state index contributed by atoms with van der Waals surface area (Å²) >= 11 is 0. The highest BCUT2D eigenvalue weighted by atomic mass is 35.5. The van der Waals surface area contributed by atoms with Crippen molar-refractivity contribution in [3.8, 4) is 0 Å². The molecule has 2 N–H and O–H groups in total. The second-order valence-corrected chi connectivity index (χ2v) is 3.56. The predicted molar refractivity (Wildman–Crippen MR) is 65.1 cm³/mol. The molecule has 0 aromatic heterocycles. The summed E-state index contributed by atoms with van der Waals surface area (Å²) in [5, 5.41) is 0. The van der Waals surface area contributed by atoms with Gasteiger partial charge in [-0.15, -0.1) is 19.0 Å². The van der Waals surface area contributed by atoms with Crippen LogP contribution in [0.1, 0.15) is 30.0 Å². The molecule has 0 unspecified atom stereocenters. The van der Waals surface area contributed by atoms with Gasteiger partial charge in [-0.1, -0.05) is 24.3 Å². The molecule has 0 amide bonds. The van der Waals surface area contributed by atoms with Crippen molar-refractivity contribution in [2.45, 2.75) is 25.1 Å². The third kappa shape index (κ3) is 4.40. The normalized spacial score (nSPS) is 12.7. The van der Waals surface area contributed by atoms with Crippen LogP contribution in [-0.4, -0.2) is 0 Å². The lowest BCUT2D eigenvalue weighted by Gasteiger charge is -2.17.